The molecule has 0 saturated heterocycles. The molecule has 1 atom stereocenters. The number of fused-ring (bicyclic) bond motifs is 2. The number of guanidine groups is 1. The van der Waals surface area contributed by atoms with E-state index in [0.29, 0.717) is 29.9 Å². The number of nitrogens with two attached hydrogens (primary N) is 1. The number of hydrogen-bond donors (Lipinski definition) is 1. The topological polar surface area (TPSA) is 128 Å². The Morgan fingerprint density at radius 2 is 2.10 bits per heavy atom. The molecule has 0 radical (unpaired) electrons. The van der Waals surface area contributed by atoms with Gasteiger partial charge in [-0.2, -0.15) is 0 Å². The van der Waals surface area contributed by atoms with Crippen molar-refractivity contribution >= 4 is 21.8 Å². The number of aryl methyl sites for hydroxylation is 1. The van der Waals surface area contributed by atoms with Crippen LogP contribution in [0.1, 0.15) is 33.7 Å². The molecule has 1 spiro atoms. The molecule has 2 N–H and O–H groups in total. The maximum atomic E-state index is 12.6. The number of aromatic nitrogens is 2. The summed E-state index contributed by atoms with van der Waals surface area (Å²) in [7, 11) is -2.22. The molecule has 0 aliphatic carbocycles. The van der Waals surface area contributed by atoms with E-state index in [9.17, 15) is 13.2 Å². The Balaban J connectivity index is 1.71. The highest BCUT2D eigenvalue weighted by Crippen LogP contribution is 2.43. The molecule has 9 nitrogen and oxygen atoms in total. The molecule has 2 aromatic rings. The lowest BCUT2D eigenvalue weighted by atomic mass is 9.85. The van der Waals surface area contributed by atoms with Gasteiger partial charge in [0.2, 0.25) is 16.0 Å². The minimum absolute atomic E-state index is 0.0551. The van der Waals surface area contributed by atoms with Gasteiger partial charge in [-0.1, -0.05) is 6.07 Å². The first-order chi connectivity index (χ1) is 13.7. The highest BCUT2D eigenvalue weighted by Gasteiger charge is 2.46. The summed E-state index contributed by atoms with van der Waals surface area (Å²) in [6.07, 6.45) is 3.49. The number of Topliss-reactive ketones (excluding diaryl/α,β-unsaturated/α-hetero) is 1. The van der Waals surface area contributed by atoms with Crippen molar-refractivity contribution in [1.29, 1.82) is 0 Å². The molecule has 0 saturated carbocycles. The molecule has 10 heteroatoms. The monoisotopic (exact) mass is 415 g/mol. The molecule has 0 unspecified atom stereocenters. The molecular formula is C19H21N5O4S. The number of benzene rings is 1. The Labute approximate surface area is 168 Å². The highest BCUT2D eigenvalue weighted by atomic mass is 32.2. The van der Waals surface area contributed by atoms with Gasteiger partial charge in [-0.25, -0.2) is 22.7 Å². The Morgan fingerprint density at radius 1 is 1.31 bits per heavy atom. The Morgan fingerprint density at radius 3 is 2.79 bits per heavy atom. The Bertz CT molecular complexity index is 1110. The van der Waals surface area contributed by atoms with Gasteiger partial charge in [0.1, 0.15) is 17.0 Å². The van der Waals surface area contributed by atoms with Gasteiger partial charge in [0.05, 0.1) is 24.3 Å². The average Bonchev–Trinajstić information content (AvgIpc) is 2.67. The first-order valence-electron chi connectivity index (χ1n) is 9.10. The van der Waals surface area contributed by atoms with Gasteiger partial charge in [-0.3, -0.25) is 9.78 Å². The van der Waals surface area contributed by atoms with Crippen LogP contribution in [0.5, 0.6) is 5.75 Å². The number of ketones is 1. The molecule has 29 heavy (non-hydrogen) atoms. The van der Waals surface area contributed by atoms with Gasteiger partial charge in [0, 0.05) is 31.6 Å². The van der Waals surface area contributed by atoms with Crippen LogP contribution in [0.4, 0.5) is 0 Å². The van der Waals surface area contributed by atoms with Crippen molar-refractivity contribution < 1.29 is 17.9 Å². The van der Waals surface area contributed by atoms with Crippen molar-refractivity contribution in [2.45, 2.75) is 25.3 Å². The van der Waals surface area contributed by atoms with E-state index >= 15 is 0 Å². The molecule has 2 aliphatic heterocycles. The standard InChI is InChI=1S/C19H21N5O4S/c1-12-9-22-15(10-21-12)16(25)8-13-3-4-17-14(7-13)19(5-6-28-17)11-29(26,27)24(2)18(20)23-19/h3-4,7,9-10H,5-6,8,11H2,1-2H3,(H2,20,23)/t19-/m0/s1. The third-order valence-corrected chi connectivity index (χ3v) is 7.10. The fraction of sp³-hybridized carbons (Fsp3) is 0.368. The predicted molar refractivity (Wildman–Crippen MR) is 106 cm³/mol. The lowest BCUT2D eigenvalue weighted by Crippen LogP contribution is -2.52. The van der Waals surface area contributed by atoms with Crippen LogP contribution >= 0.6 is 0 Å². The van der Waals surface area contributed by atoms with Crippen molar-refractivity contribution in [3.05, 3.63) is 53.1 Å². The summed E-state index contributed by atoms with van der Waals surface area (Å²) in [6, 6.07) is 5.32. The zero-order valence-electron chi connectivity index (χ0n) is 16.1. The van der Waals surface area contributed by atoms with Crippen LogP contribution in [0.15, 0.2) is 35.6 Å². The lowest BCUT2D eigenvalue weighted by Gasteiger charge is -2.40. The molecule has 0 amide bonds. The molecule has 1 aromatic carbocycles. The van der Waals surface area contributed by atoms with E-state index < -0.39 is 15.6 Å². The second-order valence-corrected chi connectivity index (χ2v) is 9.30. The van der Waals surface area contributed by atoms with Gasteiger partial charge in [-0.05, 0) is 24.6 Å². The largest absolute Gasteiger partial charge is 0.493 e. The number of rotatable bonds is 3. The Kier molecular flexibility index (Phi) is 4.53. The summed E-state index contributed by atoms with van der Waals surface area (Å²) in [5.74, 6) is 0.121. The highest BCUT2D eigenvalue weighted by molar-refractivity contribution is 7.89. The quantitative estimate of drug-likeness (QED) is 0.734. The lowest BCUT2D eigenvalue weighted by molar-refractivity contribution is 0.0987. The van der Waals surface area contributed by atoms with Crippen molar-refractivity contribution in [1.82, 2.24) is 14.3 Å². The number of aliphatic imine (C=N–C) groups is 1. The number of carbonyl (C=O) groups is 1. The van der Waals surface area contributed by atoms with Gasteiger partial charge in [0.25, 0.3) is 0 Å². The summed E-state index contributed by atoms with van der Waals surface area (Å²) in [5, 5.41) is 0. The normalized spacial score (nSPS) is 22.6. The van der Waals surface area contributed by atoms with Crippen LogP contribution in [-0.4, -0.2) is 53.8 Å². The van der Waals surface area contributed by atoms with Gasteiger partial charge in [-0.15, -0.1) is 0 Å². The number of nitrogens with zero attached hydrogens (tertiary/aromatic N) is 4. The molecule has 152 valence electrons. The second-order valence-electron chi connectivity index (χ2n) is 7.30. The molecule has 3 heterocycles. The van der Waals surface area contributed by atoms with Crippen LogP contribution in [-0.2, 0) is 22.0 Å². The number of ether oxygens (including phenoxy) is 1. The smallest absolute Gasteiger partial charge is 0.239 e. The van der Waals surface area contributed by atoms with Crippen LogP contribution in [0.3, 0.4) is 0 Å². The van der Waals surface area contributed by atoms with E-state index in [-0.39, 0.29) is 29.6 Å². The second kappa shape index (κ2) is 6.80. The summed E-state index contributed by atoms with van der Waals surface area (Å²) in [4.78, 5) is 25.3. The van der Waals surface area contributed by atoms with E-state index in [2.05, 4.69) is 15.0 Å². The molecule has 0 fully saturated rings. The fourth-order valence-electron chi connectivity index (χ4n) is 3.58. The molecule has 1 aromatic heterocycles. The third kappa shape index (κ3) is 3.44. The van der Waals surface area contributed by atoms with Gasteiger partial charge in [0.15, 0.2) is 5.78 Å². The van der Waals surface area contributed by atoms with Crippen LogP contribution in [0.25, 0.3) is 0 Å². The number of sulfonamides is 1. The molecule has 4 rings (SSSR count). The van der Waals surface area contributed by atoms with Crippen LogP contribution in [0.2, 0.25) is 0 Å². The van der Waals surface area contributed by atoms with Crippen molar-refractivity contribution in [3.8, 4) is 5.75 Å². The molecular weight excluding hydrogens is 394 g/mol. The van der Waals surface area contributed by atoms with Crippen LogP contribution < -0.4 is 10.5 Å². The summed E-state index contributed by atoms with van der Waals surface area (Å²) in [5.41, 5.74) is 7.24. The van der Waals surface area contributed by atoms with E-state index in [1.165, 1.54) is 13.2 Å². The first-order valence-corrected chi connectivity index (χ1v) is 10.7. The van der Waals surface area contributed by atoms with E-state index in [1.54, 1.807) is 31.3 Å². The zero-order chi connectivity index (χ0) is 20.8. The first kappa shape index (κ1) is 19.3. The summed E-state index contributed by atoms with van der Waals surface area (Å²) < 4.78 is 31.9. The van der Waals surface area contributed by atoms with Gasteiger partial charge < -0.3 is 10.5 Å². The maximum Gasteiger partial charge on any atom is 0.239 e. The van der Waals surface area contributed by atoms with Crippen molar-refractivity contribution in [3.63, 3.8) is 0 Å². The number of carbonyl (C=O) groups excluding carboxylic acids is 1. The minimum atomic E-state index is -3.61. The number of hydrogen-bond acceptors (Lipinski definition) is 8. The SMILES string of the molecule is Cc1cnc(C(=O)Cc2ccc3c(c2)[C@]2(CCO3)CS(=O)(=O)N(C)C(N)=N2)cn1. The predicted octanol–water partition coefficient (Wildman–Crippen LogP) is 0.778. The maximum absolute atomic E-state index is 12.6. The third-order valence-electron chi connectivity index (χ3n) is 5.24. The summed E-state index contributed by atoms with van der Waals surface area (Å²) >= 11 is 0. The average molecular weight is 415 g/mol. The Hall–Kier alpha value is -3.01. The van der Waals surface area contributed by atoms with Crippen molar-refractivity contribution in [2.75, 3.05) is 19.4 Å². The molecule has 2 aliphatic rings. The minimum Gasteiger partial charge on any atom is -0.493 e. The van der Waals surface area contributed by atoms with Gasteiger partial charge >= 0.3 is 0 Å². The van der Waals surface area contributed by atoms with E-state index in [4.69, 9.17) is 10.5 Å². The van der Waals surface area contributed by atoms with Crippen LogP contribution in [0, 0.1) is 6.92 Å². The van der Waals surface area contributed by atoms with E-state index in [0.717, 1.165) is 10.00 Å². The van der Waals surface area contributed by atoms with Crippen molar-refractivity contribution in [2.24, 2.45) is 10.7 Å². The summed E-state index contributed by atoms with van der Waals surface area (Å²) in [6.45, 7) is 2.13. The zero-order valence-corrected chi connectivity index (χ0v) is 16.9. The van der Waals surface area contributed by atoms with E-state index in [1.807, 2.05) is 0 Å². The fourth-order valence-corrected chi connectivity index (χ4v) is 5.07. The molecule has 0 bridgehead atoms.